The van der Waals surface area contributed by atoms with E-state index in [1.807, 2.05) is 32.1 Å². The fourth-order valence-corrected chi connectivity index (χ4v) is 2.45. The van der Waals surface area contributed by atoms with Gasteiger partial charge in [-0.25, -0.2) is 0 Å². The highest BCUT2D eigenvalue weighted by atomic mass is 16.5. The van der Waals surface area contributed by atoms with Crippen molar-refractivity contribution in [3.8, 4) is 11.5 Å². The highest BCUT2D eigenvalue weighted by Crippen LogP contribution is 2.44. The molecule has 2 atom stereocenters. The molecule has 0 aliphatic heterocycles. The van der Waals surface area contributed by atoms with Gasteiger partial charge in [0, 0.05) is 11.0 Å². The number of methoxy groups -OCH3 is 2. The molecule has 1 rings (SSSR count). The van der Waals surface area contributed by atoms with Crippen LogP contribution in [0, 0.1) is 6.92 Å². The van der Waals surface area contributed by atoms with Crippen LogP contribution < -0.4 is 9.47 Å². The van der Waals surface area contributed by atoms with Gasteiger partial charge in [0.15, 0.2) is 0 Å². The average Bonchev–Trinajstić information content (AvgIpc) is 2.46. The Hall–Kier alpha value is -1.74. The SMILES string of the molecule is C=CC(O)CC(C)(C=C)c1c(OC)ccc(C)c1OC. The summed E-state index contributed by atoms with van der Waals surface area (Å²) < 4.78 is 11.0. The van der Waals surface area contributed by atoms with Crippen LogP contribution in [-0.2, 0) is 5.41 Å². The van der Waals surface area contributed by atoms with Crippen LogP contribution in [0.4, 0.5) is 0 Å². The maximum absolute atomic E-state index is 9.94. The zero-order valence-electron chi connectivity index (χ0n) is 12.8. The number of benzene rings is 1. The van der Waals surface area contributed by atoms with Crippen LogP contribution in [0.2, 0.25) is 0 Å². The molecular weight excluding hydrogens is 252 g/mol. The summed E-state index contributed by atoms with van der Waals surface area (Å²) in [5.41, 5.74) is 1.44. The smallest absolute Gasteiger partial charge is 0.129 e. The van der Waals surface area contributed by atoms with Crippen LogP contribution in [0.15, 0.2) is 37.4 Å². The van der Waals surface area contributed by atoms with E-state index >= 15 is 0 Å². The van der Waals surface area contributed by atoms with E-state index in [1.54, 1.807) is 14.2 Å². The summed E-state index contributed by atoms with van der Waals surface area (Å²) >= 11 is 0. The third-order valence-corrected chi connectivity index (χ3v) is 3.67. The second kappa shape index (κ2) is 6.62. The van der Waals surface area contributed by atoms with Crippen molar-refractivity contribution >= 4 is 0 Å². The van der Waals surface area contributed by atoms with Gasteiger partial charge in [0.05, 0.1) is 20.3 Å². The molecule has 0 bridgehead atoms. The Morgan fingerprint density at radius 3 is 2.40 bits per heavy atom. The Labute approximate surface area is 121 Å². The van der Waals surface area contributed by atoms with Crippen LogP contribution in [0.25, 0.3) is 0 Å². The molecule has 20 heavy (non-hydrogen) atoms. The number of ether oxygens (including phenoxy) is 2. The number of aryl methyl sites for hydroxylation is 1. The van der Waals surface area contributed by atoms with Crippen molar-refractivity contribution < 1.29 is 14.6 Å². The standard InChI is InChI=1S/C17H24O3/c1-7-13(18)11-17(4,8-2)15-14(19-5)10-9-12(3)16(15)20-6/h7-10,13,18H,1-2,11H2,3-6H3. The third-order valence-electron chi connectivity index (χ3n) is 3.67. The Kier molecular flexibility index (Phi) is 5.40. The maximum Gasteiger partial charge on any atom is 0.129 e. The number of hydrogen-bond donors (Lipinski definition) is 1. The van der Waals surface area contributed by atoms with Crippen LogP contribution >= 0.6 is 0 Å². The van der Waals surface area contributed by atoms with E-state index in [1.165, 1.54) is 6.08 Å². The summed E-state index contributed by atoms with van der Waals surface area (Å²) in [7, 11) is 3.26. The van der Waals surface area contributed by atoms with Crippen LogP contribution in [0.1, 0.15) is 24.5 Å². The summed E-state index contributed by atoms with van der Waals surface area (Å²) in [6, 6.07) is 3.86. The predicted molar refractivity (Wildman–Crippen MR) is 82.7 cm³/mol. The molecule has 0 amide bonds. The van der Waals surface area contributed by atoms with Gasteiger partial charge in [-0.2, -0.15) is 0 Å². The number of aliphatic hydroxyl groups is 1. The molecule has 1 aromatic rings. The van der Waals surface area contributed by atoms with Crippen molar-refractivity contribution in [1.82, 2.24) is 0 Å². The molecule has 0 heterocycles. The van der Waals surface area contributed by atoms with Crippen molar-refractivity contribution in [2.24, 2.45) is 0 Å². The van der Waals surface area contributed by atoms with Crippen LogP contribution in [0.5, 0.6) is 11.5 Å². The van der Waals surface area contributed by atoms with E-state index in [9.17, 15) is 5.11 Å². The lowest BCUT2D eigenvalue weighted by molar-refractivity contribution is 0.188. The minimum atomic E-state index is -0.618. The molecule has 1 N–H and O–H groups in total. The molecule has 0 radical (unpaired) electrons. The van der Waals surface area contributed by atoms with E-state index in [-0.39, 0.29) is 0 Å². The first-order valence-corrected chi connectivity index (χ1v) is 6.59. The van der Waals surface area contributed by atoms with Gasteiger partial charge in [0.1, 0.15) is 11.5 Å². The quantitative estimate of drug-likeness (QED) is 0.776. The van der Waals surface area contributed by atoms with Gasteiger partial charge in [0.25, 0.3) is 0 Å². The predicted octanol–water partition coefficient (Wildman–Crippen LogP) is 3.39. The Morgan fingerprint density at radius 2 is 1.95 bits per heavy atom. The minimum absolute atomic E-state index is 0.468. The van der Waals surface area contributed by atoms with Crippen molar-refractivity contribution in [2.45, 2.75) is 31.8 Å². The second-order valence-electron chi connectivity index (χ2n) is 5.12. The van der Waals surface area contributed by atoms with Crippen molar-refractivity contribution in [3.05, 3.63) is 48.6 Å². The van der Waals surface area contributed by atoms with Gasteiger partial charge in [-0.05, 0) is 25.0 Å². The van der Waals surface area contributed by atoms with Crippen LogP contribution in [0.3, 0.4) is 0 Å². The summed E-state index contributed by atoms with van der Waals surface area (Å²) in [6.45, 7) is 11.5. The van der Waals surface area contributed by atoms with Gasteiger partial charge in [-0.15, -0.1) is 13.2 Å². The van der Waals surface area contributed by atoms with Crippen molar-refractivity contribution in [1.29, 1.82) is 0 Å². The van der Waals surface area contributed by atoms with E-state index in [4.69, 9.17) is 9.47 Å². The zero-order valence-corrected chi connectivity index (χ0v) is 12.8. The molecule has 3 nitrogen and oxygen atoms in total. The minimum Gasteiger partial charge on any atom is -0.496 e. The molecule has 0 fully saturated rings. The lowest BCUT2D eigenvalue weighted by Crippen LogP contribution is -2.26. The Morgan fingerprint density at radius 1 is 1.30 bits per heavy atom. The lowest BCUT2D eigenvalue weighted by Gasteiger charge is -2.31. The summed E-state index contributed by atoms with van der Waals surface area (Å²) in [6.07, 6.45) is 3.19. The fraction of sp³-hybridized carbons (Fsp3) is 0.412. The number of allylic oxidation sites excluding steroid dienone is 1. The summed E-state index contributed by atoms with van der Waals surface area (Å²) in [5, 5.41) is 9.94. The zero-order chi connectivity index (χ0) is 15.3. The second-order valence-corrected chi connectivity index (χ2v) is 5.12. The fourth-order valence-electron chi connectivity index (χ4n) is 2.45. The Balaban J connectivity index is 3.50. The van der Waals surface area contributed by atoms with E-state index < -0.39 is 11.5 Å². The van der Waals surface area contributed by atoms with Gasteiger partial charge >= 0.3 is 0 Å². The highest BCUT2D eigenvalue weighted by molar-refractivity contribution is 5.55. The first kappa shape index (κ1) is 16.3. The molecule has 0 aromatic heterocycles. The van der Waals surface area contributed by atoms with Gasteiger partial charge in [-0.3, -0.25) is 0 Å². The number of hydrogen-bond acceptors (Lipinski definition) is 3. The monoisotopic (exact) mass is 276 g/mol. The van der Waals surface area contributed by atoms with E-state index in [0.29, 0.717) is 6.42 Å². The van der Waals surface area contributed by atoms with Gasteiger partial charge in [0.2, 0.25) is 0 Å². The van der Waals surface area contributed by atoms with E-state index in [0.717, 1.165) is 22.6 Å². The van der Waals surface area contributed by atoms with Crippen molar-refractivity contribution in [2.75, 3.05) is 14.2 Å². The molecule has 0 spiro atoms. The first-order valence-electron chi connectivity index (χ1n) is 6.59. The normalized spacial score (nSPS) is 15.1. The molecule has 110 valence electrons. The van der Waals surface area contributed by atoms with Gasteiger partial charge < -0.3 is 14.6 Å². The molecule has 1 aromatic carbocycles. The number of aliphatic hydroxyl groups excluding tert-OH is 1. The molecular formula is C17H24O3. The van der Waals surface area contributed by atoms with Gasteiger partial charge in [-0.1, -0.05) is 25.1 Å². The highest BCUT2D eigenvalue weighted by Gasteiger charge is 2.32. The van der Waals surface area contributed by atoms with Crippen LogP contribution in [-0.4, -0.2) is 25.4 Å². The largest absolute Gasteiger partial charge is 0.496 e. The molecule has 2 unspecified atom stereocenters. The molecule has 0 saturated heterocycles. The molecule has 0 aliphatic rings. The molecule has 0 aliphatic carbocycles. The Bertz CT molecular complexity index is 493. The lowest BCUT2D eigenvalue weighted by atomic mass is 9.76. The average molecular weight is 276 g/mol. The van der Waals surface area contributed by atoms with Crippen molar-refractivity contribution in [3.63, 3.8) is 0 Å². The summed E-state index contributed by atoms with van der Waals surface area (Å²) in [4.78, 5) is 0. The molecule has 3 heteroatoms. The maximum atomic E-state index is 9.94. The third kappa shape index (κ3) is 3.05. The number of rotatable bonds is 7. The topological polar surface area (TPSA) is 38.7 Å². The summed E-state index contributed by atoms with van der Waals surface area (Å²) in [5.74, 6) is 1.49. The van der Waals surface area contributed by atoms with E-state index in [2.05, 4.69) is 13.2 Å². The molecule has 0 saturated carbocycles. The first-order chi connectivity index (χ1) is 9.43.